The van der Waals surface area contributed by atoms with E-state index in [0.29, 0.717) is 0 Å². The van der Waals surface area contributed by atoms with Crippen LogP contribution >= 0.6 is 0 Å². The molecule has 0 heterocycles. The van der Waals surface area contributed by atoms with Crippen molar-refractivity contribution < 1.29 is 0 Å². The molecule has 0 saturated carbocycles. The van der Waals surface area contributed by atoms with E-state index in [-0.39, 0.29) is 0 Å². The molecule has 0 N–H and O–H groups in total. The Bertz CT molecular complexity index is 2170. The number of rotatable bonds is 11. The van der Waals surface area contributed by atoms with Crippen LogP contribution in [0.15, 0.2) is 218 Å². The minimum Gasteiger partial charge on any atom is -0.0622 e. The van der Waals surface area contributed by atoms with Gasteiger partial charge < -0.3 is 0 Å². The molecule has 0 atom stereocenters. The highest BCUT2D eigenvalue weighted by atomic mass is 28.3. The summed E-state index contributed by atoms with van der Waals surface area (Å²) in [6.07, 6.45) is 1.05. The molecule has 0 saturated heterocycles. The average molecular weight is 683 g/mol. The molecule has 1 heteroatoms. The monoisotopic (exact) mass is 682 g/mol. The predicted molar refractivity (Wildman–Crippen MR) is 225 cm³/mol. The molecule has 0 aromatic heterocycles. The molecule has 8 aromatic rings. The van der Waals surface area contributed by atoms with Crippen molar-refractivity contribution in [2.75, 3.05) is 0 Å². The maximum atomic E-state index is 2.44. The second-order valence-corrected chi connectivity index (χ2v) is 17.9. The molecule has 250 valence electrons. The lowest BCUT2D eigenvalue weighted by atomic mass is 10.0. The van der Waals surface area contributed by atoms with Gasteiger partial charge in [0.15, 0.2) is 0 Å². The highest BCUT2D eigenvalue weighted by Gasteiger charge is 2.37. The minimum atomic E-state index is -2.33. The van der Waals surface area contributed by atoms with Crippen LogP contribution in [0, 0.1) is 0 Å². The van der Waals surface area contributed by atoms with E-state index >= 15 is 0 Å². The van der Waals surface area contributed by atoms with Crippen LogP contribution in [-0.4, -0.2) is 8.07 Å². The van der Waals surface area contributed by atoms with Crippen LogP contribution in [0.4, 0.5) is 0 Å². The fourth-order valence-electron chi connectivity index (χ4n) is 7.63. The van der Waals surface area contributed by atoms with Gasteiger partial charge in [0, 0.05) is 0 Å². The van der Waals surface area contributed by atoms with Crippen molar-refractivity contribution in [2.24, 2.45) is 0 Å². The zero-order chi connectivity index (χ0) is 35.0. The van der Waals surface area contributed by atoms with Crippen molar-refractivity contribution >= 4 is 18.4 Å². The molecule has 8 aromatic carbocycles. The Kier molecular flexibility index (Phi) is 9.86. The minimum absolute atomic E-state index is 1.05. The van der Waals surface area contributed by atoms with Crippen LogP contribution in [0.5, 0.6) is 0 Å². The first-order valence-corrected chi connectivity index (χ1v) is 20.8. The Morgan fingerprint density at radius 3 is 0.865 bits per heavy atom. The van der Waals surface area contributed by atoms with Gasteiger partial charge >= 0.3 is 0 Å². The van der Waals surface area contributed by atoms with E-state index in [1.807, 2.05) is 0 Å². The van der Waals surface area contributed by atoms with E-state index in [0.717, 1.165) is 18.5 Å². The topological polar surface area (TPSA) is 0 Å². The molecule has 0 fully saturated rings. The van der Waals surface area contributed by atoms with Gasteiger partial charge in [-0.1, -0.05) is 234 Å². The molecule has 0 spiro atoms. The Labute approximate surface area is 309 Å². The number of hydrogen-bond donors (Lipinski definition) is 0. The fraction of sp³-hybridized carbons (Fsp3) is 0.0588. The van der Waals surface area contributed by atoms with Gasteiger partial charge in [0.2, 0.25) is 0 Å². The van der Waals surface area contributed by atoms with Gasteiger partial charge in [-0.2, -0.15) is 0 Å². The molecule has 0 nitrogen and oxygen atoms in total. The smallest absolute Gasteiger partial charge is 0.0622 e. The second kappa shape index (κ2) is 15.5. The summed E-state index contributed by atoms with van der Waals surface area (Å²) in [7, 11) is -2.33. The average Bonchev–Trinajstić information content (AvgIpc) is 3.24. The number of benzene rings is 8. The van der Waals surface area contributed by atoms with Gasteiger partial charge in [0.25, 0.3) is 0 Å². The van der Waals surface area contributed by atoms with E-state index in [1.54, 1.807) is 0 Å². The highest BCUT2D eigenvalue weighted by Crippen LogP contribution is 2.28. The lowest BCUT2D eigenvalue weighted by Gasteiger charge is -2.34. The van der Waals surface area contributed by atoms with Gasteiger partial charge in [-0.05, 0) is 68.6 Å². The third-order valence-electron chi connectivity index (χ3n) is 10.6. The van der Waals surface area contributed by atoms with Crippen molar-refractivity contribution in [3.05, 3.63) is 230 Å². The summed E-state index contributed by atoms with van der Waals surface area (Å²) < 4.78 is 0. The first kappa shape index (κ1) is 33.1. The zero-order valence-electron chi connectivity index (χ0n) is 29.4. The van der Waals surface area contributed by atoms with E-state index in [9.17, 15) is 0 Å². The third kappa shape index (κ3) is 7.37. The standard InChI is InChI=1S/C51H42Si/c1-5-13-40(14-6-1)37-38-52(39-41-15-7-2-8-16-41,50-33-29-48(30-34-50)46-25-21-44(22-26-46)42-17-9-3-10-18-42)51-35-31-49(32-36-51)47-27-23-45(24-28-47)43-19-11-4-12-20-43/h1-36H,37-39H2. The quantitative estimate of drug-likeness (QED) is 0.119. The molecule has 0 aliphatic carbocycles. The van der Waals surface area contributed by atoms with Crippen LogP contribution in [-0.2, 0) is 12.5 Å². The number of hydrogen-bond acceptors (Lipinski definition) is 0. The highest BCUT2D eigenvalue weighted by molar-refractivity contribution is 7.01. The number of aryl methyl sites for hydroxylation is 1. The summed E-state index contributed by atoms with van der Waals surface area (Å²) in [4.78, 5) is 0. The molecule has 0 aliphatic rings. The lowest BCUT2D eigenvalue weighted by molar-refractivity contribution is 1.08. The molecular formula is C51H42Si. The summed E-state index contributed by atoms with van der Waals surface area (Å²) in [5.74, 6) is 0. The largest absolute Gasteiger partial charge is 0.122 e. The third-order valence-corrected chi connectivity index (χ3v) is 15.6. The van der Waals surface area contributed by atoms with Crippen LogP contribution in [0.3, 0.4) is 0 Å². The van der Waals surface area contributed by atoms with Crippen LogP contribution in [0.1, 0.15) is 11.1 Å². The Balaban J connectivity index is 1.16. The molecule has 0 amide bonds. The van der Waals surface area contributed by atoms with Crippen molar-refractivity contribution in [1.29, 1.82) is 0 Å². The maximum absolute atomic E-state index is 2.44. The van der Waals surface area contributed by atoms with Crippen molar-refractivity contribution in [2.45, 2.75) is 18.5 Å². The van der Waals surface area contributed by atoms with Crippen molar-refractivity contribution in [3.63, 3.8) is 0 Å². The molecule has 0 bridgehead atoms. The SMILES string of the molecule is c1ccc(CC[Si](Cc2ccccc2)(c2ccc(-c3ccc(-c4ccccc4)cc3)cc2)c2ccc(-c3ccc(-c4ccccc4)cc3)cc2)cc1. The molecule has 0 radical (unpaired) electrons. The van der Waals surface area contributed by atoms with E-state index in [1.165, 1.54) is 66.0 Å². The summed E-state index contributed by atoms with van der Waals surface area (Å²) in [5, 5.41) is 2.97. The van der Waals surface area contributed by atoms with Crippen molar-refractivity contribution in [3.8, 4) is 44.5 Å². The van der Waals surface area contributed by atoms with Gasteiger partial charge in [0.1, 0.15) is 8.07 Å². The zero-order valence-corrected chi connectivity index (χ0v) is 30.4. The summed E-state index contributed by atoms with van der Waals surface area (Å²) in [5.41, 5.74) is 12.8. The van der Waals surface area contributed by atoms with E-state index in [4.69, 9.17) is 0 Å². The first-order chi connectivity index (χ1) is 25.7. The Morgan fingerprint density at radius 2 is 0.519 bits per heavy atom. The van der Waals surface area contributed by atoms with Gasteiger partial charge in [0.05, 0.1) is 0 Å². The van der Waals surface area contributed by atoms with Gasteiger partial charge in [-0.3, -0.25) is 0 Å². The summed E-state index contributed by atoms with van der Waals surface area (Å²) in [6, 6.07) is 82.7. The first-order valence-electron chi connectivity index (χ1n) is 18.3. The van der Waals surface area contributed by atoms with E-state index < -0.39 is 8.07 Å². The summed E-state index contributed by atoms with van der Waals surface area (Å²) >= 11 is 0. The van der Waals surface area contributed by atoms with Gasteiger partial charge in [-0.25, -0.2) is 0 Å². The molecule has 0 unspecified atom stereocenters. The van der Waals surface area contributed by atoms with E-state index in [2.05, 4.69) is 218 Å². The summed E-state index contributed by atoms with van der Waals surface area (Å²) in [6.45, 7) is 0. The normalized spacial score (nSPS) is 11.3. The van der Waals surface area contributed by atoms with Crippen LogP contribution in [0.25, 0.3) is 44.5 Å². The van der Waals surface area contributed by atoms with Crippen molar-refractivity contribution in [1.82, 2.24) is 0 Å². The molecule has 52 heavy (non-hydrogen) atoms. The predicted octanol–water partition coefficient (Wildman–Crippen LogP) is 11.9. The second-order valence-electron chi connectivity index (χ2n) is 13.8. The maximum Gasteiger partial charge on any atom is 0.122 e. The lowest BCUT2D eigenvalue weighted by Crippen LogP contribution is -2.60. The molecule has 8 rings (SSSR count). The molecule has 0 aliphatic heterocycles. The Hall–Kier alpha value is -6.02. The van der Waals surface area contributed by atoms with Crippen LogP contribution in [0.2, 0.25) is 6.04 Å². The van der Waals surface area contributed by atoms with Crippen LogP contribution < -0.4 is 10.4 Å². The fourth-order valence-corrected chi connectivity index (χ4v) is 12.4. The van der Waals surface area contributed by atoms with Gasteiger partial charge in [-0.15, -0.1) is 0 Å². The molecular weight excluding hydrogens is 641 g/mol. The Morgan fingerprint density at radius 1 is 0.250 bits per heavy atom.